The maximum Gasteiger partial charge on any atom is 0.240 e. The molecular formula is C20H19FN2O3S. The second kappa shape index (κ2) is 8.28. The quantitative estimate of drug-likeness (QED) is 0.676. The third-order valence-electron chi connectivity index (χ3n) is 4.16. The van der Waals surface area contributed by atoms with Gasteiger partial charge in [0, 0.05) is 24.4 Å². The summed E-state index contributed by atoms with van der Waals surface area (Å²) in [7, 11) is -2.18. The number of halogens is 1. The number of nitrogens with zero attached hydrogens (tertiary/aromatic N) is 1. The van der Waals surface area contributed by atoms with E-state index in [1.54, 1.807) is 19.4 Å². The summed E-state index contributed by atoms with van der Waals surface area (Å²) >= 11 is 0. The van der Waals surface area contributed by atoms with Crippen molar-refractivity contribution < 1.29 is 17.5 Å². The molecule has 0 aliphatic rings. The molecule has 3 rings (SSSR count). The standard InChI is InChI=1S/C20H19FN2O3S/c1-26-17-9-5-15(6-10-17)19(20-4-2-3-13-22-20)14-23-27(24,25)18-11-7-16(21)8-12-18/h2-13,19,23H,14H2,1H3. The Hall–Kier alpha value is -2.77. The molecule has 3 aromatic rings. The first-order chi connectivity index (χ1) is 13.0. The molecule has 0 saturated carbocycles. The summed E-state index contributed by atoms with van der Waals surface area (Å²) in [5.74, 6) is -0.0590. The van der Waals surface area contributed by atoms with Gasteiger partial charge < -0.3 is 4.74 Å². The number of methoxy groups -OCH3 is 1. The van der Waals surface area contributed by atoms with Crippen molar-refractivity contribution in [3.63, 3.8) is 0 Å². The molecule has 0 saturated heterocycles. The van der Waals surface area contributed by atoms with E-state index in [1.165, 1.54) is 12.1 Å². The molecule has 27 heavy (non-hydrogen) atoms. The highest BCUT2D eigenvalue weighted by atomic mass is 32.2. The van der Waals surface area contributed by atoms with E-state index < -0.39 is 15.8 Å². The molecule has 0 fully saturated rings. The van der Waals surface area contributed by atoms with Crippen LogP contribution in [-0.2, 0) is 10.0 Å². The van der Waals surface area contributed by atoms with Crippen molar-refractivity contribution in [1.29, 1.82) is 0 Å². The van der Waals surface area contributed by atoms with Crippen LogP contribution in [0.3, 0.4) is 0 Å². The van der Waals surface area contributed by atoms with Gasteiger partial charge in [-0.15, -0.1) is 0 Å². The Morgan fingerprint density at radius 2 is 1.74 bits per heavy atom. The molecule has 0 aliphatic heterocycles. The van der Waals surface area contributed by atoms with Crippen LogP contribution >= 0.6 is 0 Å². The molecule has 1 atom stereocenters. The number of nitrogens with one attached hydrogen (secondary N) is 1. The zero-order valence-electron chi connectivity index (χ0n) is 14.7. The zero-order chi connectivity index (χ0) is 19.3. The normalized spacial score (nSPS) is 12.5. The number of aromatic nitrogens is 1. The van der Waals surface area contributed by atoms with Crippen molar-refractivity contribution in [2.45, 2.75) is 10.8 Å². The molecule has 1 aromatic heterocycles. The van der Waals surface area contributed by atoms with Gasteiger partial charge in [0.1, 0.15) is 11.6 Å². The third-order valence-corrected chi connectivity index (χ3v) is 5.60. The monoisotopic (exact) mass is 386 g/mol. The molecule has 0 bridgehead atoms. The number of sulfonamides is 1. The molecular weight excluding hydrogens is 367 g/mol. The second-order valence-corrected chi connectivity index (χ2v) is 7.65. The molecule has 0 aliphatic carbocycles. The van der Waals surface area contributed by atoms with Crippen molar-refractivity contribution in [2.75, 3.05) is 13.7 Å². The molecule has 0 spiro atoms. The summed E-state index contributed by atoms with van der Waals surface area (Å²) in [4.78, 5) is 4.38. The van der Waals surface area contributed by atoms with E-state index >= 15 is 0 Å². The van der Waals surface area contributed by atoms with E-state index in [4.69, 9.17) is 4.74 Å². The predicted octanol–water partition coefficient (Wildman–Crippen LogP) is 3.34. The Balaban J connectivity index is 1.86. The van der Waals surface area contributed by atoms with Crippen LogP contribution in [0.5, 0.6) is 5.75 Å². The lowest BCUT2D eigenvalue weighted by Gasteiger charge is -2.18. The number of rotatable bonds is 7. The highest BCUT2D eigenvalue weighted by molar-refractivity contribution is 7.89. The van der Waals surface area contributed by atoms with Gasteiger partial charge in [-0.3, -0.25) is 4.98 Å². The first-order valence-electron chi connectivity index (χ1n) is 8.30. The third kappa shape index (κ3) is 4.69. The number of benzene rings is 2. The van der Waals surface area contributed by atoms with E-state index in [0.29, 0.717) is 5.75 Å². The molecule has 0 radical (unpaired) electrons. The van der Waals surface area contributed by atoms with Crippen LogP contribution in [0.25, 0.3) is 0 Å². The average Bonchev–Trinajstić information content (AvgIpc) is 2.70. The van der Waals surface area contributed by atoms with Crippen molar-refractivity contribution in [1.82, 2.24) is 9.71 Å². The lowest BCUT2D eigenvalue weighted by atomic mass is 9.95. The van der Waals surface area contributed by atoms with E-state index in [1.807, 2.05) is 36.4 Å². The number of hydrogen-bond donors (Lipinski definition) is 1. The minimum Gasteiger partial charge on any atom is -0.497 e. The summed E-state index contributed by atoms with van der Waals surface area (Å²) in [6.07, 6.45) is 1.67. The predicted molar refractivity (Wildman–Crippen MR) is 101 cm³/mol. The largest absolute Gasteiger partial charge is 0.497 e. The number of hydrogen-bond acceptors (Lipinski definition) is 4. The van der Waals surface area contributed by atoms with Crippen molar-refractivity contribution in [2.24, 2.45) is 0 Å². The molecule has 1 heterocycles. The van der Waals surface area contributed by atoms with Gasteiger partial charge in [-0.2, -0.15) is 0 Å². The van der Waals surface area contributed by atoms with Crippen molar-refractivity contribution >= 4 is 10.0 Å². The SMILES string of the molecule is COc1ccc(C(CNS(=O)(=O)c2ccc(F)cc2)c2ccccn2)cc1. The Labute approximate surface area is 157 Å². The van der Waals surface area contributed by atoms with Crippen LogP contribution in [0.15, 0.2) is 77.8 Å². The minimum atomic E-state index is -3.77. The molecule has 7 heteroatoms. The molecule has 1 unspecified atom stereocenters. The van der Waals surface area contributed by atoms with Crippen LogP contribution in [0.1, 0.15) is 17.2 Å². The van der Waals surface area contributed by atoms with Gasteiger partial charge in [-0.1, -0.05) is 18.2 Å². The Bertz CT molecular complexity index is 976. The average molecular weight is 386 g/mol. The molecule has 0 amide bonds. The fourth-order valence-corrected chi connectivity index (χ4v) is 3.75. The summed E-state index contributed by atoms with van der Waals surface area (Å²) < 4.78 is 45.9. The van der Waals surface area contributed by atoms with Crippen LogP contribution in [0.4, 0.5) is 4.39 Å². The maximum atomic E-state index is 13.1. The van der Waals surface area contributed by atoms with Gasteiger partial charge in [0.25, 0.3) is 0 Å². The summed E-state index contributed by atoms with van der Waals surface area (Å²) in [6.45, 7) is 0.114. The molecule has 2 aromatic carbocycles. The van der Waals surface area contributed by atoms with E-state index in [9.17, 15) is 12.8 Å². The van der Waals surface area contributed by atoms with Crippen LogP contribution < -0.4 is 9.46 Å². The zero-order valence-corrected chi connectivity index (χ0v) is 15.5. The van der Waals surface area contributed by atoms with Gasteiger partial charge in [-0.25, -0.2) is 17.5 Å². The van der Waals surface area contributed by atoms with Crippen LogP contribution in [0.2, 0.25) is 0 Å². The van der Waals surface area contributed by atoms with E-state index in [2.05, 4.69) is 9.71 Å². The van der Waals surface area contributed by atoms with Gasteiger partial charge in [0.2, 0.25) is 10.0 Å². The van der Waals surface area contributed by atoms with Crippen LogP contribution in [-0.4, -0.2) is 27.1 Å². The van der Waals surface area contributed by atoms with Crippen molar-refractivity contribution in [3.05, 3.63) is 90.0 Å². The molecule has 1 N–H and O–H groups in total. The second-order valence-electron chi connectivity index (χ2n) is 5.89. The van der Waals surface area contributed by atoms with E-state index in [0.717, 1.165) is 23.4 Å². The summed E-state index contributed by atoms with van der Waals surface area (Å²) in [6, 6.07) is 17.6. The van der Waals surface area contributed by atoms with Crippen LogP contribution in [0, 0.1) is 5.82 Å². The molecule has 5 nitrogen and oxygen atoms in total. The Morgan fingerprint density at radius 1 is 1.04 bits per heavy atom. The number of pyridine rings is 1. The highest BCUT2D eigenvalue weighted by Gasteiger charge is 2.20. The highest BCUT2D eigenvalue weighted by Crippen LogP contribution is 2.25. The topological polar surface area (TPSA) is 68.3 Å². The number of ether oxygens (including phenoxy) is 1. The first kappa shape index (κ1) is 19.0. The van der Waals surface area contributed by atoms with E-state index in [-0.39, 0.29) is 17.4 Å². The Morgan fingerprint density at radius 3 is 2.33 bits per heavy atom. The fourth-order valence-electron chi connectivity index (χ4n) is 2.70. The lowest BCUT2D eigenvalue weighted by Crippen LogP contribution is -2.29. The minimum absolute atomic E-state index is 0.0124. The summed E-state index contributed by atoms with van der Waals surface area (Å²) in [5.41, 5.74) is 1.64. The van der Waals surface area contributed by atoms with Gasteiger partial charge >= 0.3 is 0 Å². The smallest absolute Gasteiger partial charge is 0.240 e. The van der Waals surface area contributed by atoms with Gasteiger partial charge in [-0.05, 0) is 54.1 Å². The van der Waals surface area contributed by atoms with Gasteiger partial charge in [0.05, 0.1) is 12.0 Å². The maximum absolute atomic E-state index is 13.1. The fraction of sp³-hybridized carbons (Fsp3) is 0.150. The van der Waals surface area contributed by atoms with Gasteiger partial charge in [0.15, 0.2) is 0 Å². The first-order valence-corrected chi connectivity index (χ1v) is 9.78. The molecule has 140 valence electrons. The van der Waals surface area contributed by atoms with Crippen molar-refractivity contribution in [3.8, 4) is 5.75 Å². The lowest BCUT2D eigenvalue weighted by molar-refractivity contribution is 0.414. The Kier molecular flexibility index (Phi) is 5.83. The summed E-state index contributed by atoms with van der Waals surface area (Å²) in [5, 5.41) is 0.